The van der Waals surface area contributed by atoms with Crippen LogP contribution in [0.15, 0.2) is 108 Å². The van der Waals surface area contributed by atoms with Gasteiger partial charge in [0.05, 0.1) is 24.8 Å². The minimum atomic E-state index is -4.43. The van der Waals surface area contributed by atoms with E-state index in [-0.39, 0.29) is 41.1 Å². The Bertz CT molecular complexity index is 1740. The first-order valence-corrected chi connectivity index (χ1v) is 16.6. The van der Waals surface area contributed by atoms with Crippen LogP contribution < -0.4 is 19.1 Å². The molecular weight excluding hydrogens is 621 g/mol. The van der Waals surface area contributed by atoms with Crippen LogP contribution in [-0.2, 0) is 32.6 Å². The van der Waals surface area contributed by atoms with Gasteiger partial charge in [-0.2, -0.15) is 0 Å². The standard InChI is InChI=1S/C36H40FN3O6S/c1-26(2)23-38-36(42)32(21-27-11-7-5-8-12-27)39(24-28-13-9-6-10-14-28)35(41)25-40(30-17-15-29(37)16-18-30)47(43,44)31-19-20-33(45-3)34(22-31)46-4/h5-20,22,26,32H,21,23-25H2,1-4H3,(H,38,42). The topological polar surface area (TPSA) is 105 Å². The number of halogens is 1. The largest absolute Gasteiger partial charge is 0.493 e. The average molecular weight is 662 g/mol. The van der Waals surface area contributed by atoms with Gasteiger partial charge in [0.2, 0.25) is 11.8 Å². The zero-order valence-electron chi connectivity index (χ0n) is 26.9. The summed E-state index contributed by atoms with van der Waals surface area (Å²) in [6.45, 7) is 3.71. The van der Waals surface area contributed by atoms with Gasteiger partial charge in [0.1, 0.15) is 18.4 Å². The van der Waals surface area contributed by atoms with Crippen molar-refractivity contribution in [3.05, 3.63) is 120 Å². The minimum absolute atomic E-state index is 0.0416. The molecule has 0 saturated heterocycles. The number of ether oxygens (including phenoxy) is 2. The predicted octanol–water partition coefficient (Wildman–Crippen LogP) is 5.45. The van der Waals surface area contributed by atoms with Gasteiger partial charge in [-0.25, -0.2) is 12.8 Å². The summed E-state index contributed by atoms with van der Waals surface area (Å²) in [6.07, 6.45) is 0.197. The van der Waals surface area contributed by atoms with Gasteiger partial charge in [0, 0.05) is 25.6 Å². The molecular formula is C36H40FN3O6S. The van der Waals surface area contributed by atoms with Gasteiger partial charge in [0.25, 0.3) is 10.0 Å². The summed E-state index contributed by atoms with van der Waals surface area (Å²) in [5, 5.41) is 2.96. The fraction of sp³-hybridized carbons (Fsp3) is 0.278. The first kappa shape index (κ1) is 35.0. The molecule has 0 spiro atoms. The lowest BCUT2D eigenvalue weighted by atomic mass is 10.0. The number of sulfonamides is 1. The second-order valence-corrected chi connectivity index (χ2v) is 13.2. The molecule has 0 aliphatic heterocycles. The van der Waals surface area contributed by atoms with Crippen molar-refractivity contribution in [2.45, 2.75) is 37.8 Å². The maximum atomic E-state index is 14.5. The Morgan fingerprint density at radius 3 is 1.98 bits per heavy atom. The van der Waals surface area contributed by atoms with Crippen molar-refractivity contribution >= 4 is 27.5 Å². The zero-order chi connectivity index (χ0) is 34.0. The summed E-state index contributed by atoms with van der Waals surface area (Å²) >= 11 is 0. The molecule has 0 radical (unpaired) electrons. The molecule has 0 fully saturated rings. The SMILES string of the molecule is COc1ccc(S(=O)(=O)N(CC(=O)N(Cc2ccccc2)C(Cc2ccccc2)C(=O)NCC(C)C)c2ccc(F)cc2)cc1OC. The fourth-order valence-corrected chi connectivity index (χ4v) is 6.43. The highest BCUT2D eigenvalue weighted by molar-refractivity contribution is 7.92. The third kappa shape index (κ3) is 9.10. The summed E-state index contributed by atoms with van der Waals surface area (Å²) < 4.78 is 54.0. The van der Waals surface area contributed by atoms with Crippen LogP contribution in [0.5, 0.6) is 11.5 Å². The smallest absolute Gasteiger partial charge is 0.264 e. The van der Waals surface area contributed by atoms with Gasteiger partial charge < -0.3 is 19.7 Å². The lowest BCUT2D eigenvalue weighted by molar-refractivity contribution is -0.140. The van der Waals surface area contributed by atoms with Gasteiger partial charge in [-0.15, -0.1) is 0 Å². The molecule has 1 unspecified atom stereocenters. The van der Waals surface area contributed by atoms with Gasteiger partial charge in [-0.1, -0.05) is 74.5 Å². The van der Waals surface area contributed by atoms with Gasteiger partial charge in [-0.3, -0.25) is 13.9 Å². The summed E-state index contributed by atoms with van der Waals surface area (Å²) in [5.41, 5.74) is 1.65. The van der Waals surface area contributed by atoms with E-state index < -0.39 is 34.3 Å². The number of nitrogens with zero attached hydrogens (tertiary/aromatic N) is 2. The number of rotatable bonds is 15. The Labute approximate surface area is 276 Å². The van der Waals surface area contributed by atoms with E-state index in [9.17, 15) is 22.4 Å². The number of anilines is 1. The molecule has 0 aliphatic carbocycles. The minimum Gasteiger partial charge on any atom is -0.493 e. The molecule has 0 saturated carbocycles. The van der Waals surface area contributed by atoms with Crippen molar-refractivity contribution < 1.29 is 31.9 Å². The Kier molecular flexibility index (Phi) is 12.0. The zero-order valence-corrected chi connectivity index (χ0v) is 27.7. The number of hydrogen-bond acceptors (Lipinski definition) is 6. The molecule has 0 heterocycles. The molecule has 1 atom stereocenters. The number of nitrogens with one attached hydrogen (secondary N) is 1. The van der Waals surface area contributed by atoms with Gasteiger partial charge >= 0.3 is 0 Å². The third-order valence-corrected chi connectivity index (χ3v) is 9.26. The normalized spacial score (nSPS) is 11.9. The molecule has 0 aromatic heterocycles. The summed E-state index contributed by atoms with van der Waals surface area (Å²) in [5.74, 6) is -0.893. The quantitative estimate of drug-likeness (QED) is 0.182. The lowest BCUT2D eigenvalue weighted by Crippen LogP contribution is -2.53. The van der Waals surface area contributed by atoms with Gasteiger partial charge in [0.15, 0.2) is 11.5 Å². The van der Waals surface area contributed by atoms with E-state index in [4.69, 9.17) is 9.47 Å². The number of benzene rings is 4. The number of hydrogen-bond donors (Lipinski definition) is 1. The van der Waals surface area contributed by atoms with Crippen molar-refractivity contribution in [3.8, 4) is 11.5 Å². The van der Waals surface area contributed by atoms with Crippen LogP contribution in [-0.4, -0.2) is 58.5 Å². The molecule has 1 N–H and O–H groups in total. The number of methoxy groups -OCH3 is 2. The second kappa shape index (κ2) is 16.1. The average Bonchev–Trinajstić information content (AvgIpc) is 3.08. The van der Waals surface area contributed by atoms with E-state index in [2.05, 4.69) is 5.32 Å². The van der Waals surface area contributed by atoms with E-state index >= 15 is 0 Å². The van der Waals surface area contributed by atoms with Crippen LogP contribution in [0.3, 0.4) is 0 Å². The molecule has 9 nitrogen and oxygen atoms in total. The van der Waals surface area contributed by atoms with Crippen molar-refractivity contribution in [2.24, 2.45) is 5.92 Å². The van der Waals surface area contributed by atoms with E-state index in [0.717, 1.165) is 27.6 Å². The Hall–Kier alpha value is -4.90. The maximum Gasteiger partial charge on any atom is 0.264 e. The predicted molar refractivity (Wildman–Crippen MR) is 179 cm³/mol. The van der Waals surface area contributed by atoms with Crippen LogP contribution in [0.2, 0.25) is 0 Å². The molecule has 4 rings (SSSR count). The van der Waals surface area contributed by atoms with E-state index in [0.29, 0.717) is 12.3 Å². The highest BCUT2D eigenvalue weighted by Gasteiger charge is 2.35. The number of carbonyl (C=O) groups is 2. The van der Waals surface area contributed by atoms with E-state index in [1.54, 1.807) is 0 Å². The van der Waals surface area contributed by atoms with Crippen LogP contribution in [0, 0.1) is 11.7 Å². The van der Waals surface area contributed by atoms with Crippen LogP contribution in [0.4, 0.5) is 10.1 Å². The van der Waals surface area contributed by atoms with Crippen LogP contribution in [0.1, 0.15) is 25.0 Å². The van der Waals surface area contributed by atoms with Crippen molar-refractivity contribution in [1.29, 1.82) is 0 Å². The highest BCUT2D eigenvalue weighted by atomic mass is 32.2. The lowest BCUT2D eigenvalue weighted by Gasteiger charge is -2.34. The molecule has 11 heteroatoms. The highest BCUT2D eigenvalue weighted by Crippen LogP contribution is 2.32. The van der Waals surface area contributed by atoms with E-state index in [1.165, 1.54) is 49.5 Å². The maximum absolute atomic E-state index is 14.5. The second-order valence-electron chi connectivity index (χ2n) is 11.4. The van der Waals surface area contributed by atoms with Crippen LogP contribution in [0.25, 0.3) is 0 Å². The Balaban J connectivity index is 1.80. The first-order valence-electron chi connectivity index (χ1n) is 15.2. The molecule has 47 heavy (non-hydrogen) atoms. The first-order chi connectivity index (χ1) is 22.5. The van der Waals surface area contributed by atoms with E-state index in [1.807, 2.05) is 74.5 Å². The van der Waals surface area contributed by atoms with Crippen molar-refractivity contribution in [3.63, 3.8) is 0 Å². The Morgan fingerprint density at radius 1 is 0.809 bits per heavy atom. The fourth-order valence-electron chi connectivity index (χ4n) is 5.00. The number of amides is 2. The summed E-state index contributed by atoms with van der Waals surface area (Å²) in [6, 6.07) is 26.5. The monoisotopic (exact) mass is 661 g/mol. The van der Waals surface area contributed by atoms with Crippen LogP contribution >= 0.6 is 0 Å². The van der Waals surface area contributed by atoms with Crippen molar-refractivity contribution in [2.75, 3.05) is 31.6 Å². The molecule has 2 amide bonds. The third-order valence-electron chi connectivity index (χ3n) is 7.49. The van der Waals surface area contributed by atoms with Gasteiger partial charge in [-0.05, 0) is 53.4 Å². The summed E-state index contributed by atoms with van der Waals surface area (Å²) in [4.78, 5) is 29.6. The molecule has 0 bridgehead atoms. The molecule has 248 valence electrons. The van der Waals surface area contributed by atoms with Crippen molar-refractivity contribution in [1.82, 2.24) is 10.2 Å². The summed E-state index contributed by atoms with van der Waals surface area (Å²) in [7, 11) is -1.61. The molecule has 4 aromatic rings. The Morgan fingerprint density at radius 2 is 1.40 bits per heavy atom. The molecule has 4 aromatic carbocycles. The number of carbonyl (C=O) groups excluding carboxylic acids is 2. The molecule has 0 aliphatic rings.